The van der Waals surface area contributed by atoms with Gasteiger partial charge in [0, 0.05) is 12.3 Å². The van der Waals surface area contributed by atoms with Crippen molar-refractivity contribution in [1.82, 2.24) is 4.98 Å². The van der Waals surface area contributed by atoms with E-state index in [-0.39, 0.29) is 5.75 Å². The average Bonchev–Trinajstić information content (AvgIpc) is 2.46. The second-order valence-corrected chi connectivity index (χ2v) is 6.22. The second-order valence-electron chi connectivity index (χ2n) is 4.92. The van der Waals surface area contributed by atoms with Crippen molar-refractivity contribution >= 4 is 22.2 Å². The third kappa shape index (κ3) is 2.58. The molecule has 0 amide bonds. The van der Waals surface area contributed by atoms with Gasteiger partial charge in [0.15, 0.2) is 0 Å². The Morgan fingerprint density at radius 2 is 2.19 bits per heavy atom. The second kappa shape index (κ2) is 5.37. The van der Waals surface area contributed by atoms with Gasteiger partial charge in [0.1, 0.15) is 23.1 Å². The van der Waals surface area contributed by atoms with Crippen LogP contribution >= 0.6 is 0 Å². The van der Waals surface area contributed by atoms with Crippen molar-refractivity contribution in [1.29, 1.82) is 0 Å². The van der Waals surface area contributed by atoms with E-state index in [2.05, 4.69) is 4.98 Å². The van der Waals surface area contributed by atoms with Crippen LogP contribution in [0.25, 0.3) is 0 Å². The van der Waals surface area contributed by atoms with E-state index in [4.69, 9.17) is 4.74 Å². The number of ether oxygens (including phenoxy) is 1. The summed E-state index contributed by atoms with van der Waals surface area (Å²) >= 11 is 0. The van der Waals surface area contributed by atoms with Gasteiger partial charge in [-0.3, -0.25) is 4.21 Å². The van der Waals surface area contributed by atoms with Gasteiger partial charge in [-0.2, -0.15) is 0 Å². The Morgan fingerprint density at radius 3 is 2.90 bits per heavy atom. The molecule has 6 heteroatoms. The molecule has 110 valence electrons. The molecule has 0 aliphatic carbocycles. The molecule has 21 heavy (non-hydrogen) atoms. The fraction of sp³-hybridized carbons (Fsp3) is 0.267. The van der Waals surface area contributed by atoms with Crippen molar-refractivity contribution in [2.45, 2.75) is 11.9 Å². The third-order valence-electron chi connectivity index (χ3n) is 3.41. The lowest BCUT2D eigenvalue weighted by molar-refractivity contribution is 0.313. The predicted molar refractivity (Wildman–Crippen MR) is 81.9 cm³/mol. The minimum Gasteiger partial charge on any atom is -0.508 e. The highest BCUT2D eigenvalue weighted by Crippen LogP contribution is 2.38. The van der Waals surface area contributed by atoms with E-state index in [9.17, 15) is 9.32 Å². The van der Waals surface area contributed by atoms with Gasteiger partial charge in [-0.25, -0.2) is 4.98 Å². The summed E-state index contributed by atoms with van der Waals surface area (Å²) in [5.74, 6) is 0.931. The molecule has 5 nitrogen and oxygen atoms in total. The number of benzene rings is 1. The van der Waals surface area contributed by atoms with E-state index < -0.39 is 10.8 Å². The molecule has 0 saturated heterocycles. The molecule has 0 bridgehead atoms. The number of phenolic OH excluding ortho intramolecular Hbond substituents is 1. The van der Waals surface area contributed by atoms with Crippen LogP contribution in [0.4, 0.5) is 11.4 Å². The van der Waals surface area contributed by atoms with E-state index in [0.29, 0.717) is 18.2 Å². The summed E-state index contributed by atoms with van der Waals surface area (Å²) in [4.78, 5) is 6.35. The molecule has 0 radical (unpaired) electrons. The topological polar surface area (TPSA) is 62.7 Å². The molecule has 0 saturated carbocycles. The lowest BCUT2D eigenvalue weighted by atomic mass is 10.2. The van der Waals surface area contributed by atoms with Crippen molar-refractivity contribution in [3.63, 3.8) is 0 Å². The molecular formula is C15H16N2O3S. The van der Waals surface area contributed by atoms with Crippen LogP contribution in [0.3, 0.4) is 0 Å². The Labute approximate surface area is 125 Å². The molecule has 1 atom stereocenters. The van der Waals surface area contributed by atoms with Gasteiger partial charge >= 0.3 is 0 Å². The molecule has 1 unspecified atom stereocenters. The molecular weight excluding hydrogens is 288 g/mol. The fourth-order valence-corrected chi connectivity index (χ4v) is 3.18. The quantitative estimate of drug-likeness (QED) is 0.923. The maximum atomic E-state index is 11.6. The first-order valence-corrected chi connectivity index (χ1v) is 8.15. The van der Waals surface area contributed by atoms with Crippen LogP contribution in [0.5, 0.6) is 11.5 Å². The number of hydrogen-bond donors (Lipinski definition) is 1. The van der Waals surface area contributed by atoms with Gasteiger partial charge in [-0.15, -0.1) is 0 Å². The normalized spacial score (nSPS) is 15.2. The highest BCUT2D eigenvalue weighted by atomic mass is 32.2. The Balaban J connectivity index is 2.05. The zero-order valence-corrected chi connectivity index (χ0v) is 12.7. The first-order valence-electron chi connectivity index (χ1n) is 6.59. The molecule has 0 spiro atoms. The Morgan fingerprint density at radius 1 is 1.38 bits per heavy atom. The smallest absolute Gasteiger partial charge is 0.143 e. The monoisotopic (exact) mass is 304 g/mol. The summed E-state index contributed by atoms with van der Waals surface area (Å²) in [6.07, 6.45) is 3.33. The Hall–Kier alpha value is -2.08. The highest BCUT2D eigenvalue weighted by molar-refractivity contribution is 7.84. The summed E-state index contributed by atoms with van der Waals surface area (Å²) in [6, 6.07) is 7.00. The number of aryl methyl sites for hydroxylation is 1. The molecule has 0 fully saturated rings. The van der Waals surface area contributed by atoms with Crippen LogP contribution < -0.4 is 9.64 Å². The molecule has 1 aliphatic rings. The van der Waals surface area contributed by atoms with E-state index in [1.165, 1.54) is 0 Å². The Bertz CT molecular complexity index is 718. The van der Waals surface area contributed by atoms with Crippen molar-refractivity contribution in [2.75, 3.05) is 24.3 Å². The summed E-state index contributed by atoms with van der Waals surface area (Å²) in [5.41, 5.74) is 2.60. The Kier molecular flexibility index (Phi) is 3.55. The van der Waals surface area contributed by atoms with E-state index >= 15 is 0 Å². The lowest BCUT2D eigenvalue weighted by Crippen LogP contribution is -2.28. The van der Waals surface area contributed by atoms with Crippen LogP contribution in [0.1, 0.15) is 5.56 Å². The van der Waals surface area contributed by atoms with Crippen LogP contribution in [0, 0.1) is 6.92 Å². The van der Waals surface area contributed by atoms with Gasteiger partial charge in [-0.05, 0) is 30.7 Å². The number of fused-ring (bicyclic) bond motifs is 1. The van der Waals surface area contributed by atoms with Crippen molar-refractivity contribution in [3.8, 4) is 11.5 Å². The number of aromatic nitrogens is 1. The molecule has 1 aromatic heterocycles. The predicted octanol–water partition coefficient (Wildman–Crippen LogP) is 2.36. The minimum absolute atomic E-state index is 0.195. The minimum atomic E-state index is -1.10. The number of rotatable bonds is 2. The largest absolute Gasteiger partial charge is 0.508 e. The first kappa shape index (κ1) is 13.9. The number of anilines is 2. The van der Waals surface area contributed by atoms with E-state index in [1.54, 1.807) is 30.7 Å². The van der Waals surface area contributed by atoms with Gasteiger partial charge in [0.25, 0.3) is 0 Å². The molecule has 2 aromatic rings. The zero-order chi connectivity index (χ0) is 15.0. The molecule has 1 N–H and O–H groups in total. The van der Waals surface area contributed by atoms with Gasteiger partial charge in [0.2, 0.25) is 0 Å². The molecule has 3 rings (SSSR count). The summed E-state index contributed by atoms with van der Waals surface area (Å²) in [6.45, 7) is 3.14. The van der Waals surface area contributed by atoms with Crippen molar-refractivity contribution in [2.24, 2.45) is 0 Å². The van der Waals surface area contributed by atoms with Crippen molar-refractivity contribution in [3.05, 3.63) is 36.0 Å². The van der Waals surface area contributed by atoms with E-state index in [1.807, 2.05) is 17.9 Å². The average molecular weight is 304 g/mol. The number of nitrogens with zero attached hydrogens (tertiary/aromatic N) is 2. The van der Waals surface area contributed by atoms with Crippen LogP contribution in [0.15, 0.2) is 35.5 Å². The third-order valence-corrected chi connectivity index (χ3v) is 4.38. The van der Waals surface area contributed by atoms with Crippen LogP contribution in [-0.2, 0) is 10.8 Å². The summed E-state index contributed by atoms with van der Waals surface area (Å²) in [5, 5.41) is 10.3. The summed E-state index contributed by atoms with van der Waals surface area (Å²) in [7, 11) is -1.10. The number of hydrogen-bond acceptors (Lipinski definition) is 5. The maximum Gasteiger partial charge on any atom is 0.143 e. The van der Waals surface area contributed by atoms with E-state index in [0.717, 1.165) is 22.7 Å². The van der Waals surface area contributed by atoms with Gasteiger partial charge in [0.05, 0.1) is 34.9 Å². The molecule has 1 aliphatic heterocycles. The summed E-state index contributed by atoms with van der Waals surface area (Å²) < 4.78 is 17.2. The SMILES string of the molecule is Cc1cc(N2CCOc3ccc(O)cc32)cnc1S(C)=O. The van der Waals surface area contributed by atoms with Crippen molar-refractivity contribution < 1.29 is 14.1 Å². The van der Waals surface area contributed by atoms with Gasteiger partial charge < -0.3 is 14.7 Å². The van der Waals surface area contributed by atoms with Gasteiger partial charge in [-0.1, -0.05) is 0 Å². The zero-order valence-electron chi connectivity index (χ0n) is 11.9. The number of aromatic hydroxyl groups is 1. The van der Waals surface area contributed by atoms with Crippen LogP contribution in [0.2, 0.25) is 0 Å². The maximum absolute atomic E-state index is 11.6. The first-order chi connectivity index (χ1) is 10.1. The van der Waals surface area contributed by atoms with Crippen LogP contribution in [-0.4, -0.2) is 33.7 Å². The fourth-order valence-electron chi connectivity index (χ4n) is 2.47. The highest BCUT2D eigenvalue weighted by Gasteiger charge is 2.21. The standard InChI is InChI=1S/C15H16N2O3S/c1-10-7-11(9-16-15(10)21(2)19)17-5-6-20-14-4-3-12(18)8-13(14)17/h3-4,7-9,18H,5-6H2,1-2H3. The molecule has 2 heterocycles. The lowest BCUT2D eigenvalue weighted by Gasteiger charge is -2.31. The molecule has 1 aromatic carbocycles. The number of phenols is 1. The number of pyridine rings is 1.